The number of methoxy groups -OCH3 is 1. The Morgan fingerprint density at radius 2 is 1.85 bits per heavy atom. The first kappa shape index (κ1) is 24.7. The number of carbonyl (C=O) groups is 1. The molecule has 0 spiro atoms. The Kier molecular flexibility index (Phi) is 7.88. The molecule has 0 aromatic heterocycles. The summed E-state index contributed by atoms with van der Waals surface area (Å²) in [6, 6.07) is 12.1. The van der Waals surface area contributed by atoms with Crippen LogP contribution in [0, 0.1) is 5.92 Å². The molecule has 4 rings (SSSR count). The Morgan fingerprint density at radius 3 is 2.53 bits per heavy atom. The van der Waals surface area contributed by atoms with Crippen LogP contribution in [0.3, 0.4) is 0 Å². The lowest BCUT2D eigenvalue weighted by molar-refractivity contribution is 0.0730. The van der Waals surface area contributed by atoms with Crippen LogP contribution in [0.2, 0.25) is 0 Å². The predicted molar refractivity (Wildman–Crippen MR) is 131 cm³/mol. The zero-order valence-corrected chi connectivity index (χ0v) is 20.6. The van der Waals surface area contributed by atoms with Gasteiger partial charge in [0.15, 0.2) is 0 Å². The molecule has 2 saturated heterocycles. The fourth-order valence-corrected chi connectivity index (χ4v) is 5.96. The third kappa shape index (κ3) is 5.78. The van der Waals surface area contributed by atoms with Crippen molar-refractivity contribution in [3.8, 4) is 5.75 Å². The summed E-state index contributed by atoms with van der Waals surface area (Å²) in [6.07, 6.45) is 2.51. The largest absolute Gasteiger partial charge is 0.495 e. The quantitative estimate of drug-likeness (QED) is 0.645. The SMILES string of the molecule is COc1ccc(S(=O)(=O)N2CCOCC2)cc1NC(=O)c1ccc(CN2CCCC(C)C2)cc1. The third-order valence-electron chi connectivity index (χ3n) is 6.39. The Morgan fingerprint density at radius 1 is 1.12 bits per heavy atom. The van der Waals surface area contributed by atoms with Gasteiger partial charge in [-0.15, -0.1) is 0 Å². The van der Waals surface area contributed by atoms with E-state index in [1.54, 1.807) is 18.2 Å². The van der Waals surface area contributed by atoms with Crippen molar-refractivity contribution < 1.29 is 22.7 Å². The Hall–Kier alpha value is -2.46. The van der Waals surface area contributed by atoms with E-state index >= 15 is 0 Å². The Labute approximate surface area is 201 Å². The van der Waals surface area contributed by atoms with Crippen LogP contribution >= 0.6 is 0 Å². The number of likely N-dealkylation sites (tertiary alicyclic amines) is 1. The minimum absolute atomic E-state index is 0.108. The van der Waals surface area contributed by atoms with Crippen LogP contribution in [0.25, 0.3) is 0 Å². The average Bonchev–Trinajstić information content (AvgIpc) is 2.85. The van der Waals surface area contributed by atoms with Crippen molar-refractivity contribution in [1.82, 2.24) is 9.21 Å². The molecule has 2 aliphatic heterocycles. The highest BCUT2D eigenvalue weighted by atomic mass is 32.2. The number of piperidine rings is 1. The van der Waals surface area contributed by atoms with E-state index in [0.717, 1.165) is 25.6 Å². The van der Waals surface area contributed by atoms with Crippen molar-refractivity contribution >= 4 is 21.6 Å². The summed E-state index contributed by atoms with van der Waals surface area (Å²) in [5.41, 5.74) is 1.98. The third-order valence-corrected chi connectivity index (χ3v) is 8.29. The summed E-state index contributed by atoms with van der Waals surface area (Å²) in [5.74, 6) is 0.791. The number of ether oxygens (including phenoxy) is 2. The van der Waals surface area contributed by atoms with Crippen LogP contribution in [0.4, 0.5) is 5.69 Å². The Bertz CT molecular complexity index is 1100. The van der Waals surface area contributed by atoms with Gasteiger partial charge in [0.1, 0.15) is 5.75 Å². The lowest BCUT2D eigenvalue weighted by Gasteiger charge is -2.30. The number of benzene rings is 2. The van der Waals surface area contributed by atoms with E-state index in [9.17, 15) is 13.2 Å². The minimum atomic E-state index is -3.69. The molecule has 1 amide bonds. The second-order valence-corrected chi connectivity index (χ2v) is 11.0. The number of rotatable bonds is 7. The van der Waals surface area contributed by atoms with Gasteiger partial charge in [-0.25, -0.2) is 8.42 Å². The fourth-order valence-electron chi connectivity index (χ4n) is 4.53. The van der Waals surface area contributed by atoms with Crippen molar-refractivity contribution in [1.29, 1.82) is 0 Å². The maximum Gasteiger partial charge on any atom is 0.255 e. The highest BCUT2D eigenvalue weighted by Gasteiger charge is 2.27. The topological polar surface area (TPSA) is 88.2 Å². The van der Waals surface area contributed by atoms with Crippen molar-refractivity contribution in [3.63, 3.8) is 0 Å². The first-order chi connectivity index (χ1) is 16.4. The van der Waals surface area contributed by atoms with Crippen molar-refractivity contribution in [2.24, 2.45) is 5.92 Å². The van der Waals surface area contributed by atoms with E-state index in [4.69, 9.17) is 9.47 Å². The van der Waals surface area contributed by atoms with E-state index < -0.39 is 10.0 Å². The minimum Gasteiger partial charge on any atom is -0.495 e. The molecule has 1 N–H and O–H groups in total. The highest BCUT2D eigenvalue weighted by Crippen LogP contribution is 2.30. The molecular formula is C25H33N3O5S. The van der Waals surface area contributed by atoms with Gasteiger partial charge in [0.2, 0.25) is 10.0 Å². The van der Waals surface area contributed by atoms with Gasteiger partial charge in [0.05, 0.1) is 30.9 Å². The smallest absolute Gasteiger partial charge is 0.255 e. The van der Waals surface area contributed by atoms with Crippen LogP contribution in [-0.2, 0) is 21.3 Å². The van der Waals surface area contributed by atoms with Gasteiger partial charge in [0.25, 0.3) is 5.91 Å². The van der Waals surface area contributed by atoms with Crippen LogP contribution in [0.1, 0.15) is 35.7 Å². The molecule has 0 radical (unpaired) electrons. The molecule has 2 heterocycles. The molecule has 184 valence electrons. The number of hydrogen-bond donors (Lipinski definition) is 1. The maximum atomic E-state index is 13.0. The van der Waals surface area contributed by atoms with Crippen LogP contribution in [0.5, 0.6) is 5.75 Å². The van der Waals surface area contributed by atoms with Crippen LogP contribution in [0.15, 0.2) is 47.4 Å². The number of nitrogens with zero attached hydrogens (tertiary/aromatic N) is 2. The van der Waals surface area contributed by atoms with Gasteiger partial charge in [-0.05, 0) is 61.2 Å². The summed E-state index contributed by atoms with van der Waals surface area (Å²) >= 11 is 0. The standard InChI is InChI=1S/C25H33N3O5S/c1-19-4-3-11-27(17-19)18-20-5-7-21(8-6-20)25(29)26-23-16-22(9-10-24(23)32-2)34(30,31)28-12-14-33-15-13-28/h5-10,16,19H,3-4,11-15,17-18H2,1-2H3,(H,26,29). The second kappa shape index (κ2) is 10.9. The van der Waals surface area contributed by atoms with Gasteiger partial charge in [-0.1, -0.05) is 19.1 Å². The molecule has 0 bridgehead atoms. The molecule has 0 aliphatic carbocycles. The molecule has 1 atom stereocenters. The Balaban J connectivity index is 1.47. The molecule has 34 heavy (non-hydrogen) atoms. The number of hydrogen-bond acceptors (Lipinski definition) is 6. The number of nitrogens with one attached hydrogen (secondary N) is 1. The lowest BCUT2D eigenvalue weighted by atomic mass is 9.99. The van der Waals surface area contributed by atoms with Crippen molar-refractivity contribution in [3.05, 3.63) is 53.6 Å². The molecular weight excluding hydrogens is 454 g/mol. The van der Waals surface area contributed by atoms with E-state index in [1.165, 1.54) is 42.0 Å². The monoisotopic (exact) mass is 487 g/mol. The van der Waals surface area contributed by atoms with Gasteiger partial charge in [-0.3, -0.25) is 9.69 Å². The van der Waals surface area contributed by atoms with E-state index in [2.05, 4.69) is 17.1 Å². The number of sulfonamides is 1. The molecule has 8 nitrogen and oxygen atoms in total. The molecule has 2 aliphatic rings. The second-order valence-electron chi connectivity index (χ2n) is 9.01. The number of amides is 1. The first-order valence-electron chi connectivity index (χ1n) is 11.8. The number of carbonyl (C=O) groups excluding carboxylic acids is 1. The van der Waals surface area contributed by atoms with E-state index in [-0.39, 0.29) is 10.8 Å². The van der Waals surface area contributed by atoms with Gasteiger partial charge in [-0.2, -0.15) is 4.31 Å². The fraction of sp³-hybridized carbons (Fsp3) is 0.480. The van der Waals surface area contributed by atoms with Crippen molar-refractivity contribution in [2.75, 3.05) is 51.8 Å². The highest BCUT2D eigenvalue weighted by molar-refractivity contribution is 7.89. The van der Waals surface area contributed by atoms with E-state index in [0.29, 0.717) is 43.3 Å². The number of morpholine rings is 1. The number of anilines is 1. The summed E-state index contributed by atoms with van der Waals surface area (Å²) in [5, 5.41) is 2.82. The summed E-state index contributed by atoms with van der Waals surface area (Å²) in [7, 11) is -2.21. The van der Waals surface area contributed by atoms with E-state index in [1.807, 2.05) is 12.1 Å². The van der Waals surface area contributed by atoms with Crippen LogP contribution < -0.4 is 10.1 Å². The zero-order valence-electron chi connectivity index (χ0n) is 19.8. The van der Waals surface area contributed by atoms with Crippen molar-refractivity contribution in [2.45, 2.75) is 31.2 Å². The van der Waals surface area contributed by atoms with Gasteiger partial charge < -0.3 is 14.8 Å². The first-order valence-corrected chi connectivity index (χ1v) is 13.2. The van der Waals surface area contributed by atoms with Crippen LogP contribution in [-0.4, -0.2) is 70.0 Å². The van der Waals surface area contributed by atoms with Gasteiger partial charge in [0, 0.05) is 31.7 Å². The predicted octanol–water partition coefficient (Wildman–Crippen LogP) is 3.20. The average molecular weight is 488 g/mol. The van der Waals surface area contributed by atoms with Gasteiger partial charge >= 0.3 is 0 Å². The molecule has 1 unspecified atom stereocenters. The summed E-state index contributed by atoms with van der Waals surface area (Å²) in [6.45, 7) is 6.72. The molecule has 2 aromatic rings. The molecule has 9 heteroatoms. The maximum absolute atomic E-state index is 13.0. The molecule has 0 saturated carbocycles. The summed E-state index contributed by atoms with van der Waals surface area (Å²) < 4.78 is 38.1. The summed E-state index contributed by atoms with van der Waals surface area (Å²) in [4.78, 5) is 15.5. The normalized spacial score (nSPS) is 20.1. The lowest BCUT2D eigenvalue weighted by Crippen LogP contribution is -2.40. The molecule has 2 aromatic carbocycles. The zero-order chi connectivity index (χ0) is 24.1. The molecule has 2 fully saturated rings.